The summed E-state index contributed by atoms with van der Waals surface area (Å²) in [6.45, 7) is 5.09. The second-order valence-electron chi connectivity index (χ2n) is 4.16. The zero-order valence-corrected chi connectivity index (χ0v) is 8.10. The highest BCUT2D eigenvalue weighted by Crippen LogP contribution is 2.29. The Morgan fingerprint density at radius 2 is 2.46 bits per heavy atom. The Morgan fingerprint density at radius 1 is 1.62 bits per heavy atom. The highest BCUT2D eigenvalue weighted by molar-refractivity contribution is 4.80. The molecule has 0 N–H and O–H groups in total. The fraction of sp³-hybridized carbons (Fsp3) is 0.778. The molecule has 0 amide bonds. The second kappa shape index (κ2) is 3.10. The van der Waals surface area contributed by atoms with Crippen molar-refractivity contribution in [3.63, 3.8) is 0 Å². The molecule has 13 heavy (non-hydrogen) atoms. The molecule has 0 saturated carbocycles. The van der Waals surface area contributed by atoms with Gasteiger partial charge in [0.2, 0.25) is 0 Å². The van der Waals surface area contributed by atoms with Gasteiger partial charge in [0.15, 0.2) is 0 Å². The van der Waals surface area contributed by atoms with Gasteiger partial charge in [0.05, 0.1) is 18.2 Å². The quantitative estimate of drug-likeness (QED) is 0.689. The first-order valence-electron chi connectivity index (χ1n) is 4.66. The molecule has 0 spiro atoms. The van der Waals surface area contributed by atoms with Gasteiger partial charge in [-0.05, 0) is 26.7 Å². The van der Waals surface area contributed by atoms with Crippen LogP contribution in [0.1, 0.15) is 26.7 Å². The minimum atomic E-state index is 0.0469. The van der Waals surface area contributed by atoms with Crippen LogP contribution in [-0.2, 0) is 11.3 Å². The maximum Gasteiger partial charge on any atom is 0.137 e. The first kappa shape index (κ1) is 8.69. The molecule has 4 heteroatoms. The average molecular weight is 181 g/mol. The van der Waals surface area contributed by atoms with Gasteiger partial charge in [0.1, 0.15) is 12.7 Å². The number of nitrogens with zero attached hydrogens (tertiary/aromatic N) is 3. The standard InChI is InChI=1S/C9H15N3O/c1-9(2)4-3-8(13-9)5-12-7-10-6-11-12/h6-8H,3-5H2,1-2H3. The van der Waals surface area contributed by atoms with Gasteiger partial charge in [-0.25, -0.2) is 4.98 Å². The van der Waals surface area contributed by atoms with E-state index in [1.165, 1.54) is 0 Å². The maximum absolute atomic E-state index is 5.83. The third-order valence-corrected chi connectivity index (χ3v) is 2.41. The van der Waals surface area contributed by atoms with E-state index in [4.69, 9.17) is 4.74 Å². The molecular formula is C9H15N3O. The molecule has 1 aromatic rings. The number of aromatic nitrogens is 3. The summed E-state index contributed by atoms with van der Waals surface area (Å²) in [6, 6.07) is 0. The molecule has 0 aromatic carbocycles. The molecule has 1 unspecified atom stereocenters. The van der Waals surface area contributed by atoms with Gasteiger partial charge in [0, 0.05) is 0 Å². The molecule has 0 bridgehead atoms. The summed E-state index contributed by atoms with van der Waals surface area (Å²) in [7, 11) is 0. The van der Waals surface area contributed by atoms with E-state index in [1.54, 1.807) is 12.7 Å². The lowest BCUT2D eigenvalue weighted by Crippen LogP contribution is -2.23. The molecular weight excluding hydrogens is 166 g/mol. The van der Waals surface area contributed by atoms with Gasteiger partial charge in [-0.2, -0.15) is 5.10 Å². The van der Waals surface area contributed by atoms with Crippen molar-refractivity contribution in [3.8, 4) is 0 Å². The van der Waals surface area contributed by atoms with E-state index in [2.05, 4.69) is 23.9 Å². The highest BCUT2D eigenvalue weighted by Gasteiger charge is 2.31. The summed E-state index contributed by atoms with van der Waals surface area (Å²) in [5, 5.41) is 4.05. The summed E-state index contributed by atoms with van der Waals surface area (Å²) >= 11 is 0. The predicted molar refractivity (Wildman–Crippen MR) is 48.2 cm³/mol. The van der Waals surface area contributed by atoms with Gasteiger partial charge in [0.25, 0.3) is 0 Å². The largest absolute Gasteiger partial charge is 0.370 e. The summed E-state index contributed by atoms with van der Waals surface area (Å²) < 4.78 is 7.66. The lowest BCUT2D eigenvalue weighted by Gasteiger charge is -2.18. The molecule has 1 saturated heterocycles. The number of ether oxygens (including phenoxy) is 1. The van der Waals surface area contributed by atoms with E-state index in [1.807, 2.05) is 4.68 Å². The highest BCUT2D eigenvalue weighted by atomic mass is 16.5. The Hall–Kier alpha value is -0.900. The summed E-state index contributed by atoms with van der Waals surface area (Å²) in [6.07, 6.45) is 5.84. The second-order valence-corrected chi connectivity index (χ2v) is 4.16. The minimum absolute atomic E-state index is 0.0469. The average Bonchev–Trinajstić information content (AvgIpc) is 2.61. The van der Waals surface area contributed by atoms with Crippen LogP contribution >= 0.6 is 0 Å². The number of hydrogen-bond acceptors (Lipinski definition) is 3. The molecule has 72 valence electrons. The first-order chi connectivity index (χ1) is 6.16. The molecule has 1 aromatic heterocycles. The lowest BCUT2D eigenvalue weighted by atomic mass is 10.1. The normalized spacial score (nSPS) is 26.5. The van der Waals surface area contributed by atoms with Crippen molar-refractivity contribution in [1.29, 1.82) is 0 Å². The van der Waals surface area contributed by atoms with Crippen molar-refractivity contribution >= 4 is 0 Å². The van der Waals surface area contributed by atoms with Gasteiger partial charge in [-0.15, -0.1) is 0 Å². The number of hydrogen-bond donors (Lipinski definition) is 0. The van der Waals surface area contributed by atoms with E-state index in [0.29, 0.717) is 6.10 Å². The Balaban J connectivity index is 1.91. The Labute approximate surface area is 77.9 Å². The van der Waals surface area contributed by atoms with Crippen LogP contribution in [0.2, 0.25) is 0 Å². The smallest absolute Gasteiger partial charge is 0.137 e. The summed E-state index contributed by atoms with van der Waals surface area (Å²) in [5.74, 6) is 0. The monoisotopic (exact) mass is 181 g/mol. The Bertz CT molecular complexity index is 268. The number of rotatable bonds is 2. The van der Waals surface area contributed by atoms with Crippen molar-refractivity contribution in [3.05, 3.63) is 12.7 Å². The molecule has 1 fully saturated rings. The van der Waals surface area contributed by atoms with Gasteiger partial charge in [-0.1, -0.05) is 0 Å². The molecule has 2 heterocycles. The van der Waals surface area contributed by atoms with E-state index >= 15 is 0 Å². The van der Waals surface area contributed by atoms with E-state index in [-0.39, 0.29) is 5.60 Å². The van der Waals surface area contributed by atoms with Crippen molar-refractivity contribution in [1.82, 2.24) is 14.8 Å². The lowest BCUT2D eigenvalue weighted by molar-refractivity contribution is -0.0230. The van der Waals surface area contributed by atoms with E-state index < -0.39 is 0 Å². The fourth-order valence-electron chi connectivity index (χ4n) is 1.74. The minimum Gasteiger partial charge on any atom is -0.370 e. The predicted octanol–water partition coefficient (Wildman–Crippen LogP) is 1.24. The molecule has 4 nitrogen and oxygen atoms in total. The van der Waals surface area contributed by atoms with Crippen molar-refractivity contribution < 1.29 is 4.74 Å². The molecule has 1 atom stereocenters. The van der Waals surface area contributed by atoms with Crippen LogP contribution in [0.15, 0.2) is 12.7 Å². The fourth-order valence-corrected chi connectivity index (χ4v) is 1.74. The van der Waals surface area contributed by atoms with Crippen LogP contribution in [0.25, 0.3) is 0 Å². The first-order valence-corrected chi connectivity index (χ1v) is 4.66. The topological polar surface area (TPSA) is 39.9 Å². The van der Waals surface area contributed by atoms with E-state index in [0.717, 1.165) is 19.4 Å². The van der Waals surface area contributed by atoms with Gasteiger partial charge in [-0.3, -0.25) is 4.68 Å². The van der Waals surface area contributed by atoms with Gasteiger partial charge < -0.3 is 4.74 Å². The maximum atomic E-state index is 5.83. The molecule has 1 aliphatic heterocycles. The van der Waals surface area contributed by atoms with Crippen LogP contribution in [0, 0.1) is 0 Å². The summed E-state index contributed by atoms with van der Waals surface area (Å²) in [5.41, 5.74) is 0.0469. The molecule has 0 aliphatic carbocycles. The zero-order valence-electron chi connectivity index (χ0n) is 8.10. The van der Waals surface area contributed by atoms with Crippen LogP contribution in [0.5, 0.6) is 0 Å². The third kappa shape index (κ3) is 2.06. The summed E-state index contributed by atoms with van der Waals surface area (Å²) in [4.78, 5) is 3.90. The van der Waals surface area contributed by atoms with Crippen molar-refractivity contribution in [2.45, 2.75) is 44.9 Å². The molecule has 1 aliphatic rings. The Morgan fingerprint density at radius 3 is 3.00 bits per heavy atom. The van der Waals surface area contributed by atoms with Crippen molar-refractivity contribution in [2.75, 3.05) is 0 Å². The van der Waals surface area contributed by atoms with Crippen LogP contribution in [0.4, 0.5) is 0 Å². The molecule has 0 radical (unpaired) electrons. The van der Waals surface area contributed by atoms with Crippen molar-refractivity contribution in [2.24, 2.45) is 0 Å². The van der Waals surface area contributed by atoms with Crippen LogP contribution < -0.4 is 0 Å². The zero-order chi connectivity index (χ0) is 9.31. The molecule has 2 rings (SSSR count). The van der Waals surface area contributed by atoms with E-state index in [9.17, 15) is 0 Å². The van der Waals surface area contributed by atoms with Crippen LogP contribution in [0.3, 0.4) is 0 Å². The van der Waals surface area contributed by atoms with Crippen LogP contribution in [-0.4, -0.2) is 26.5 Å². The third-order valence-electron chi connectivity index (χ3n) is 2.41. The SMILES string of the molecule is CC1(C)CCC(Cn2cncn2)O1. The van der Waals surface area contributed by atoms with Gasteiger partial charge >= 0.3 is 0 Å². The Kier molecular flexibility index (Phi) is 2.07.